The molecule has 1 saturated heterocycles. The average molecular weight is 408 g/mol. The van der Waals surface area contributed by atoms with Crippen LogP contribution in [-0.4, -0.2) is 46.5 Å². The molecule has 1 saturated carbocycles. The lowest BCUT2D eigenvalue weighted by Crippen LogP contribution is -2.41. The molecule has 2 amide bonds. The molecule has 156 valence electrons. The van der Waals surface area contributed by atoms with E-state index in [1.54, 1.807) is 18.5 Å². The molecule has 1 aliphatic carbocycles. The Hall–Kier alpha value is -3.16. The normalized spacial score (nSPS) is 19.9. The summed E-state index contributed by atoms with van der Waals surface area (Å²) in [7, 11) is 0. The summed E-state index contributed by atoms with van der Waals surface area (Å²) < 4.78 is 10.7. The van der Waals surface area contributed by atoms with Gasteiger partial charge in [0.2, 0.25) is 5.91 Å². The summed E-state index contributed by atoms with van der Waals surface area (Å²) in [5.41, 5.74) is 1.66. The maximum Gasteiger partial charge on any atom is 0.287 e. The van der Waals surface area contributed by atoms with E-state index in [1.165, 1.54) is 0 Å². The molecule has 8 nitrogen and oxygen atoms in total. The van der Waals surface area contributed by atoms with Gasteiger partial charge in [-0.15, -0.1) is 0 Å². The Morgan fingerprint density at radius 3 is 2.87 bits per heavy atom. The summed E-state index contributed by atoms with van der Waals surface area (Å²) in [6.45, 7) is 4.00. The SMILES string of the molecule is Cc1cc(CC(=O)N2CCC3(CC2)CC3CNC(=O)c2cc3ccncc3o2)on1. The van der Waals surface area contributed by atoms with Crippen molar-refractivity contribution in [3.63, 3.8) is 0 Å². The monoisotopic (exact) mass is 408 g/mol. The highest BCUT2D eigenvalue weighted by Gasteiger charge is 2.54. The molecule has 1 unspecified atom stereocenters. The number of hydrogen-bond donors (Lipinski definition) is 1. The maximum absolute atomic E-state index is 12.5. The molecule has 1 aliphatic heterocycles. The Kier molecular flexibility index (Phi) is 4.56. The maximum atomic E-state index is 12.5. The van der Waals surface area contributed by atoms with Gasteiger partial charge >= 0.3 is 0 Å². The van der Waals surface area contributed by atoms with Crippen molar-refractivity contribution in [3.8, 4) is 0 Å². The van der Waals surface area contributed by atoms with E-state index >= 15 is 0 Å². The molecule has 3 aromatic heterocycles. The molecule has 30 heavy (non-hydrogen) atoms. The van der Waals surface area contributed by atoms with Crippen LogP contribution in [0.5, 0.6) is 0 Å². The van der Waals surface area contributed by atoms with E-state index in [2.05, 4.69) is 15.5 Å². The lowest BCUT2D eigenvalue weighted by Gasteiger charge is -2.33. The Labute approximate surface area is 173 Å². The Morgan fingerprint density at radius 2 is 2.13 bits per heavy atom. The zero-order valence-electron chi connectivity index (χ0n) is 16.9. The number of likely N-dealkylation sites (tertiary alicyclic amines) is 1. The summed E-state index contributed by atoms with van der Waals surface area (Å²) >= 11 is 0. The van der Waals surface area contributed by atoms with E-state index in [4.69, 9.17) is 8.94 Å². The molecule has 1 N–H and O–H groups in total. The number of nitrogens with zero attached hydrogens (tertiary/aromatic N) is 3. The van der Waals surface area contributed by atoms with Crippen LogP contribution in [-0.2, 0) is 11.2 Å². The van der Waals surface area contributed by atoms with Gasteiger partial charge in [-0.3, -0.25) is 14.6 Å². The van der Waals surface area contributed by atoms with Crippen LogP contribution in [0.3, 0.4) is 0 Å². The van der Waals surface area contributed by atoms with Crippen molar-refractivity contribution in [2.24, 2.45) is 11.3 Å². The number of amides is 2. The summed E-state index contributed by atoms with van der Waals surface area (Å²) in [6, 6.07) is 5.38. The highest BCUT2D eigenvalue weighted by atomic mass is 16.5. The topological polar surface area (TPSA) is 101 Å². The van der Waals surface area contributed by atoms with Crippen LogP contribution in [0.25, 0.3) is 11.0 Å². The van der Waals surface area contributed by atoms with Crippen LogP contribution in [0.2, 0.25) is 0 Å². The standard InChI is InChI=1S/C22H24N4O4/c1-14-8-17(30-25-14)10-20(27)26-6-3-22(4-7-26)11-16(22)12-24-21(28)18-9-15-2-5-23-13-19(15)29-18/h2,5,8-9,13,16H,3-4,6-7,10-12H2,1H3,(H,24,28). The second-order valence-corrected chi connectivity index (χ2v) is 8.49. The highest BCUT2D eigenvalue weighted by molar-refractivity contribution is 5.95. The second-order valence-electron chi connectivity index (χ2n) is 8.49. The molecule has 0 radical (unpaired) electrons. The van der Waals surface area contributed by atoms with Crippen molar-refractivity contribution < 1.29 is 18.5 Å². The van der Waals surface area contributed by atoms with Gasteiger partial charge in [0, 0.05) is 37.3 Å². The number of piperidine rings is 1. The number of furan rings is 1. The Balaban J connectivity index is 1.10. The first-order chi connectivity index (χ1) is 14.5. The van der Waals surface area contributed by atoms with E-state index in [9.17, 15) is 9.59 Å². The highest BCUT2D eigenvalue weighted by Crippen LogP contribution is 2.59. The van der Waals surface area contributed by atoms with Gasteiger partial charge in [-0.1, -0.05) is 5.16 Å². The molecule has 4 heterocycles. The summed E-state index contributed by atoms with van der Waals surface area (Å²) in [5.74, 6) is 1.29. The first-order valence-corrected chi connectivity index (χ1v) is 10.3. The number of fused-ring (bicyclic) bond motifs is 1. The predicted octanol–water partition coefficient (Wildman–Crippen LogP) is 2.73. The van der Waals surface area contributed by atoms with Gasteiger partial charge in [-0.25, -0.2) is 0 Å². The quantitative estimate of drug-likeness (QED) is 0.697. The van der Waals surface area contributed by atoms with Gasteiger partial charge in [-0.05, 0) is 49.7 Å². The third-order valence-electron chi connectivity index (χ3n) is 6.53. The molecule has 3 aromatic rings. The molecule has 2 aliphatic rings. The number of nitrogens with one attached hydrogen (secondary N) is 1. The minimum Gasteiger partial charge on any atom is -0.449 e. The van der Waals surface area contributed by atoms with Gasteiger partial charge in [0.05, 0.1) is 18.3 Å². The molecule has 1 atom stereocenters. The van der Waals surface area contributed by atoms with E-state index in [-0.39, 0.29) is 23.7 Å². The Morgan fingerprint density at radius 1 is 1.30 bits per heavy atom. The lowest BCUT2D eigenvalue weighted by atomic mass is 9.90. The molecule has 1 spiro atoms. The van der Waals surface area contributed by atoms with Crippen molar-refractivity contribution in [1.29, 1.82) is 0 Å². The van der Waals surface area contributed by atoms with Crippen LogP contribution in [0.1, 0.15) is 41.3 Å². The number of hydrogen-bond acceptors (Lipinski definition) is 6. The van der Waals surface area contributed by atoms with Crippen molar-refractivity contribution in [3.05, 3.63) is 47.8 Å². The minimum absolute atomic E-state index is 0.0888. The fraction of sp³-hybridized carbons (Fsp3) is 0.455. The van der Waals surface area contributed by atoms with E-state index in [0.717, 1.165) is 43.4 Å². The molecule has 8 heteroatoms. The van der Waals surface area contributed by atoms with Crippen LogP contribution in [0, 0.1) is 18.3 Å². The zero-order chi connectivity index (χ0) is 20.7. The van der Waals surface area contributed by atoms with E-state index in [1.807, 2.05) is 24.0 Å². The number of carbonyl (C=O) groups excluding carboxylic acids is 2. The number of pyridine rings is 1. The van der Waals surface area contributed by atoms with Crippen molar-refractivity contribution in [2.45, 2.75) is 32.6 Å². The van der Waals surface area contributed by atoms with Crippen LogP contribution in [0.15, 0.2) is 39.5 Å². The van der Waals surface area contributed by atoms with Crippen LogP contribution >= 0.6 is 0 Å². The zero-order valence-corrected chi connectivity index (χ0v) is 16.9. The van der Waals surface area contributed by atoms with Gasteiger partial charge in [0.1, 0.15) is 5.76 Å². The summed E-state index contributed by atoms with van der Waals surface area (Å²) in [4.78, 5) is 30.9. The second kappa shape index (κ2) is 7.27. The fourth-order valence-electron chi connectivity index (χ4n) is 4.59. The third kappa shape index (κ3) is 3.58. The minimum atomic E-state index is -0.191. The summed E-state index contributed by atoms with van der Waals surface area (Å²) in [5, 5.41) is 7.72. The van der Waals surface area contributed by atoms with E-state index < -0.39 is 0 Å². The van der Waals surface area contributed by atoms with Crippen molar-refractivity contribution in [2.75, 3.05) is 19.6 Å². The number of aromatic nitrogens is 2. The smallest absolute Gasteiger partial charge is 0.287 e. The molecular weight excluding hydrogens is 384 g/mol. The van der Waals surface area contributed by atoms with Crippen molar-refractivity contribution >= 4 is 22.8 Å². The largest absolute Gasteiger partial charge is 0.449 e. The summed E-state index contributed by atoms with van der Waals surface area (Å²) in [6.07, 6.45) is 6.61. The van der Waals surface area contributed by atoms with Crippen molar-refractivity contribution in [1.82, 2.24) is 20.4 Å². The molecule has 5 rings (SSSR count). The van der Waals surface area contributed by atoms with Crippen LogP contribution in [0.4, 0.5) is 0 Å². The molecule has 0 aromatic carbocycles. The van der Waals surface area contributed by atoms with Gasteiger partial charge in [0.25, 0.3) is 5.91 Å². The average Bonchev–Trinajstić information content (AvgIpc) is 3.06. The Bertz CT molecular complexity index is 1060. The lowest BCUT2D eigenvalue weighted by molar-refractivity contribution is -0.132. The fourth-order valence-corrected chi connectivity index (χ4v) is 4.59. The van der Waals surface area contributed by atoms with Gasteiger partial charge in [0.15, 0.2) is 11.3 Å². The van der Waals surface area contributed by atoms with E-state index in [0.29, 0.717) is 29.6 Å². The van der Waals surface area contributed by atoms with Gasteiger partial charge < -0.3 is 19.2 Å². The molecule has 0 bridgehead atoms. The number of aryl methyl sites for hydroxylation is 1. The number of carbonyl (C=O) groups is 2. The third-order valence-corrected chi connectivity index (χ3v) is 6.53. The van der Waals surface area contributed by atoms with Gasteiger partial charge in [-0.2, -0.15) is 0 Å². The van der Waals surface area contributed by atoms with Crippen LogP contribution < -0.4 is 5.32 Å². The molecular formula is C22H24N4O4. The number of rotatable bonds is 5. The molecule has 2 fully saturated rings. The first kappa shape index (κ1) is 18.8. The predicted molar refractivity (Wildman–Crippen MR) is 108 cm³/mol. The first-order valence-electron chi connectivity index (χ1n) is 10.3.